The smallest absolute Gasteiger partial charge is 0.293 e. The Morgan fingerprint density at radius 2 is 1.48 bits per heavy atom. The molecule has 1 fully saturated rings. The molecular formula is C49H50N6O4S2. The number of anilines is 3. The number of thioether (sulfide) groups is 1. The lowest BCUT2D eigenvalue weighted by Gasteiger charge is -2.36. The van der Waals surface area contributed by atoms with Gasteiger partial charge in [0.2, 0.25) is 0 Å². The van der Waals surface area contributed by atoms with E-state index in [1.807, 2.05) is 68.7 Å². The topological polar surface area (TPSA) is 111 Å². The van der Waals surface area contributed by atoms with E-state index >= 15 is 0 Å². The van der Waals surface area contributed by atoms with Crippen LogP contribution in [0.3, 0.4) is 0 Å². The summed E-state index contributed by atoms with van der Waals surface area (Å²) in [5, 5.41) is 19.8. The van der Waals surface area contributed by atoms with Crippen LogP contribution >= 0.6 is 11.8 Å². The number of hydrogen-bond acceptors (Lipinski definition) is 9. The molecule has 10 nitrogen and oxygen atoms in total. The SMILES string of the molecule is CN(C)CCC(CSc1ccccc1)Nc1ccc(S(=O)(=O)Nc2cccc3cc(N4CCN(Cc5ccccc5-c5ccc6ccccc6c5)CC4)ccc23)cc1[N+](=O)[O-]. The fourth-order valence-corrected chi connectivity index (χ4v) is 10.1. The molecule has 0 spiro atoms. The maximum absolute atomic E-state index is 13.8. The first-order valence-electron chi connectivity index (χ1n) is 20.6. The van der Waals surface area contributed by atoms with Gasteiger partial charge in [-0.2, -0.15) is 0 Å². The minimum absolute atomic E-state index is 0.0968. The molecule has 7 aromatic rings. The number of sulfonamides is 1. The molecule has 1 aliphatic rings. The number of nitro benzene ring substituents is 1. The number of benzene rings is 7. The van der Waals surface area contributed by atoms with Crippen molar-refractivity contribution in [1.82, 2.24) is 9.80 Å². The van der Waals surface area contributed by atoms with Crippen molar-refractivity contribution in [2.24, 2.45) is 0 Å². The molecule has 1 aliphatic heterocycles. The monoisotopic (exact) mass is 850 g/mol. The predicted molar refractivity (Wildman–Crippen MR) is 252 cm³/mol. The van der Waals surface area contributed by atoms with Crippen LogP contribution in [0.15, 0.2) is 161 Å². The molecule has 61 heavy (non-hydrogen) atoms. The first-order chi connectivity index (χ1) is 29.6. The van der Waals surface area contributed by atoms with Crippen LogP contribution in [-0.4, -0.2) is 81.8 Å². The van der Waals surface area contributed by atoms with Gasteiger partial charge in [0.05, 0.1) is 15.5 Å². The van der Waals surface area contributed by atoms with Gasteiger partial charge in [-0.25, -0.2) is 8.42 Å². The summed E-state index contributed by atoms with van der Waals surface area (Å²) in [6, 6.07) is 49.4. The Kier molecular flexibility index (Phi) is 12.9. The summed E-state index contributed by atoms with van der Waals surface area (Å²) >= 11 is 1.67. The largest absolute Gasteiger partial charge is 0.376 e. The zero-order valence-electron chi connectivity index (χ0n) is 34.4. The molecule has 7 aromatic carbocycles. The van der Waals surface area contributed by atoms with E-state index in [1.165, 1.54) is 39.6 Å². The first kappa shape index (κ1) is 41.8. The highest BCUT2D eigenvalue weighted by atomic mass is 32.2. The summed E-state index contributed by atoms with van der Waals surface area (Å²) in [7, 11) is -0.199. The maximum atomic E-state index is 13.8. The molecule has 12 heteroatoms. The van der Waals surface area contributed by atoms with Crippen molar-refractivity contribution in [1.29, 1.82) is 0 Å². The molecule has 1 unspecified atom stereocenters. The van der Waals surface area contributed by atoms with E-state index in [4.69, 9.17) is 0 Å². The Hall–Kier alpha value is -5.92. The molecule has 8 rings (SSSR count). The molecule has 312 valence electrons. The van der Waals surface area contributed by atoms with Crippen LogP contribution < -0.4 is 14.9 Å². The summed E-state index contributed by atoms with van der Waals surface area (Å²) in [5.74, 6) is 0.679. The van der Waals surface area contributed by atoms with Gasteiger partial charge in [0, 0.05) is 66.6 Å². The Labute approximate surface area is 362 Å². The number of nitrogens with one attached hydrogen (secondary N) is 2. The molecule has 1 heterocycles. The van der Waals surface area contributed by atoms with Gasteiger partial charge in [-0.15, -0.1) is 11.8 Å². The third-order valence-corrected chi connectivity index (χ3v) is 13.8. The number of piperazine rings is 1. The first-order valence-corrected chi connectivity index (χ1v) is 23.0. The molecule has 0 aliphatic carbocycles. The van der Waals surface area contributed by atoms with Crippen molar-refractivity contribution in [2.45, 2.75) is 28.8 Å². The maximum Gasteiger partial charge on any atom is 0.293 e. The summed E-state index contributed by atoms with van der Waals surface area (Å²) in [6.07, 6.45) is 0.743. The summed E-state index contributed by atoms with van der Waals surface area (Å²) in [4.78, 5) is 19.7. The lowest BCUT2D eigenvalue weighted by Crippen LogP contribution is -2.46. The van der Waals surface area contributed by atoms with Crippen LogP contribution in [0.5, 0.6) is 0 Å². The Balaban J connectivity index is 0.933. The summed E-state index contributed by atoms with van der Waals surface area (Å²) in [5.41, 5.74) is 5.28. The number of fused-ring (bicyclic) bond motifs is 2. The number of nitrogens with zero attached hydrogens (tertiary/aromatic N) is 4. The van der Waals surface area contributed by atoms with Crippen molar-refractivity contribution in [3.8, 4) is 11.1 Å². The molecule has 0 bridgehead atoms. The zero-order chi connectivity index (χ0) is 42.3. The van der Waals surface area contributed by atoms with Crippen molar-refractivity contribution in [2.75, 3.05) is 67.5 Å². The molecule has 0 radical (unpaired) electrons. The van der Waals surface area contributed by atoms with Crippen LogP contribution in [-0.2, 0) is 16.6 Å². The van der Waals surface area contributed by atoms with Gasteiger partial charge in [0.1, 0.15) is 5.69 Å². The average Bonchev–Trinajstić information content (AvgIpc) is 3.27. The van der Waals surface area contributed by atoms with E-state index in [-0.39, 0.29) is 22.3 Å². The molecule has 1 atom stereocenters. The summed E-state index contributed by atoms with van der Waals surface area (Å²) in [6.45, 7) is 5.20. The molecule has 0 saturated carbocycles. The Morgan fingerprint density at radius 3 is 2.26 bits per heavy atom. The third kappa shape index (κ3) is 10.2. The minimum atomic E-state index is -4.18. The van der Waals surface area contributed by atoms with Gasteiger partial charge < -0.3 is 15.1 Å². The van der Waals surface area contributed by atoms with Gasteiger partial charge in [0.15, 0.2) is 0 Å². The van der Waals surface area contributed by atoms with Crippen molar-refractivity contribution in [3.05, 3.63) is 167 Å². The lowest BCUT2D eigenvalue weighted by molar-refractivity contribution is -0.384. The van der Waals surface area contributed by atoms with E-state index in [9.17, 15) is 18.5 Å². The lowest BCUT2D eigenvalue weighted by atomic mass is 9.96. The zero-order valence-corrected chi connectivity index (χ0v) is 36.0. The number of nitro groups is 1. The quantitative estimate of drug-likeness (QED) is 0.0558. The van der Waals surface area contributed by atoms with Crippen molar-refractivity contribution in [3.63, 3.8) is 0 Å². The number of hydrogen-bond donors (Lipinski definition) is 2. The fraction of sp³-hybridized carbons (Fsp3) is 0.224. The normalized spacial score (nSPS) is 14.0. The second kappa shape index (κ2) is 18.8. The van der Waals surface area contributed by atoms with Crippen LogP contribution in [0.25, 0.3) is 32.7 Å². The molecule has 2 N–H and O–H groups in total. The molecule has 0 amide bonds. The van der Waals surface area contributed by atoms with Gasteiger partial charge in [-0.1, -0.05) is 97.1 Å². The fourth-order valence-electron chi connectivity index (χ4n) is 7.96. The van der Waals surface area contributed by atoms with Crippen molar-refractivity contribution >= 4 is 66.1 Å². The van der Waals surface area contributed by atoms with Gasteiger partial charge in [-0.05, 0) is 108 Å². The third-order valence-electron chi connectivity index (χ3n) is 11.3. The van der Waals surface area contributed by atoms with Crippen LogP contribution in [0.2, 0.25) is 0 Å². The standard InChI is InChI=1S/C49H50N6O4S2/c1-52(2)26-25-41(35-60-43-15-4-3-5-16-43)50-48-24-22-44(33-49(48)55(56)57)61(58,59)51-47-18-10-14-38-32-42(21-23-46(38)47)54-29-27-53(28-30-54)34-40-13-8-9-17-45(40)39-20-19-36-11-6-7-12-37(36)31-39/h3-24,31-33,41,50-51H,25-30,34-35H2,1-2H3. The van der Waals surface area contributed by atoms with Crippen LogP contribution in [0.4, 0.5) is 22.7 Å². The van der Waals surface area contributed by atoms with Gasteiger partial charge in [0.25, 0.3) is 15.7 Å². The van der Waals surface area contributed by atoms with E-state index in [0.29, 0.717) is 11.4 Å². The highest BCUT2D eigenvalue weighted by Gasteiger charge is 2.25. The molecular weight excluding hydrogens is 801 g/mol. The minimum Gasteiger partial charge on any atom is -0.376 e. The molecule has 0 aromatic heterocycles. The summed E-state index contributed by atoms with van der Waals surface area (Å²) < 4.78 is 30.4. The highest BCUT2D eigenvalue weighted by molar-refractivity contribution is 7.99. The Bertz CT molecular complexity index is 2760. The second-order valence-corrected chi connectivity index (χ2v) is 18.6. The highest BCUT2D eigenvalue weighted by Crippen LogP contribution is 2.34. The second-order valence-electron chi connectivity index (χ2n) is 15.8. The molecule has 1 saturated heterocycles. The van der Waals surface area contributed by atoms with E-state index in [1.54, 1.807) is 17.8 Å². The predicted octanol–water partition coefficient (Wildman–Crippen LogP) is 10.2. The van der Waals surface area contributed by atoms with Crippen molar-refractivity contribution < 1.29 is 13.3 Å². The van der Waals surface area contributed by atoms with E-state index < -0.39 is 14.9 Å². The van der Waals surface area contributed by atoms with Crippen LogP contribution in [0, 0.1) is 10.1 Å². The average molecular weight is 851 g/mol. The number of rotatable bonds is 16. The van der Waals surface area contributed by atoms with Gasteiger partial charge >= 0.3 is 0 Å². The van der Waals surface area contributed by atoms with Gasteiger partial charge in [-0.3, -0.25) is 19.7 Å². The van der Waals surface area contributed by atoms with E-state index in [0.717, 1.165) is 73.1 Å². The Morgan fingerprint density at radius 1 is 0.738 bits per heavy atom. The van der Waals surface area contributed by atoms with E-state index in [2.05, 4.69) is 97.5 Å². The van der Waals surface area contributed by atoms with Crippen LogP contribution in [0.1, 0.15) is 12.0 Å².